The third kappa shape index (κ3) is 1.34. The summed E-state index contributed by atoms with van der Waals surface area (Å²) in [6, 6.07) is 0.379. The molecule has 0 saturated carbocycles. The van der Waals surface area contributed by atoms with Crippen LogP contribution in [0.5, 0.6) is 0 Å². The second kappa shape index (κ2) is 3.07. The van der Waals surface area contributed by atoms with Crippen LogP contribution in [-0.2, 0) is 0 Å². The maximum Gasteiger partial charge on any atom is 0.0505 e. The molecular formula is C9H14N2S. The second-order valence-corrected chi connectivity index (χ2v) is 4.18. The van der Waals surface area contributed by atoms with Gasteiger partial charge in [0.1, 0.15) is 0 Å². The minimum absolute atomic E-state index is 0.379. The Morgan fingerprint density at radius 2 is 2.42 bits per heavy atom. The number of nitrogens with zero attached hydrogens (tertiary/aromatic N) is 1. The molecule has 66 valence electrons. The SMILES string of the molecule is Cc1cscc1N1CCC(N)C1. The molecule has 2 heterocycles. The van der Waals surface area contributed by atoms with E-state index >= 15 is 0 Å². The van der Waals surface area contributed by atoms with Crippen molar-refractivity contribution in [3.63, 3.8) is 0 Å². The summed E-state index contributed by atoms with van der Waals surface area (Å²) in [5, 5.41) is 4.41. The molecule has 2 N–H and O–H groups in total. The van der Waals surface area contributed by atoms with Crippen molar-refractivity contribution in [3.8, 4) is 0 Å². The van der Waals surface area contributed by atoms with Crippen LogP contribution in [0.4, 0.5) is 5.69 Å². The number of anilines is 1. The molecule has 1 aliphatic rings. The smallest absolute Gasteiger partial charge is 0.0505 e. The first kappa shape index (κ1) is 8.08. The van der Waals surface area contributed by atoms with Gasteiger partial charge in [-0.1, -0.05) is 0 Å². The Kier molecular flexibility index (Phi) is 2.07. The van der Waals surface area contributed by atoms with E-state index in [0.29, 0.717) is 6.04 Å². The van der Waals surface area contributed by atoms with Crippen molar-refractivity contribution in [2.45, 2.75) is 19.4 Å². The summed E-state index contributed by atoms with van der Waals surface area (Å²) >= 11 is 1.77. The lowest BCUT2D eigenvalue weighted by Gasteiger charge is -2.17. The van der Waals surface area contributed by atoms with E-state index in [0.717, 1.165) is 19.5 Å². The maximum atomic E-state index is 5.84. The molecule has 0 bridgehead atoms. The number of thiophene rings is 1. The molecule has 1 fully saturated rings. The van der Waals surface area contributed by atoms with Crippen molar-refractivity contribution >= 4 is 17.0 Å². The van der Waals surface area contributed by atoms with Crippen molar-refractivity contribution in [3.05, 3.63) is 16.3 Å². The van der Waals surface area contributed by atoms with Gasteiger partial charge in [-0.2, -0.15) is 0 Å². The molecule has 1 unspecified atom stereocenters. The molecule has 2 rings (SSSR count). The minimum atomic E-state index is 0.379. The summed E-state index contributed by atoms with van der Waals surface area (Å²) in [7, 11) is 0. The molecule has 1 aliphatic heterocycles. The minimum Gasteiger partial charge on any atom is -0.369 e. The van der Waals surface area contributed by atoms with Gasteiger partial charge in [-0.15, -0.1) is 11.3 Å². The van der Waals surface area contributed by atoms with E-state index < -0.39 is 0 Å². The number of hydrogen-bond donors (Lipinski definition) is 1. The molecule has 0 aliphatic carbocycles. The number of hydrogen-bond acceptors (Lipinski definition) is 3. The summed E-state index contributed by atoms with van der Waals surface area (Å²) in [5.41, 5.74) is 8.61. The first-order valence-corrected chi connectivity index (χ1v) is 5.25. The fourth-order valence-electron chi connectivity index (χ4n) is 1.68. The van der Waals surface area contributed by atoms with E-state index in [1.807, 2.05) is 0 Å². The Bertz CT molecular complexity index is 269. The van der Waals surface area contributed by atoms with E-state index in [4.69, 9.17) is 5.73 Å². The van der Waals surface area contributed by atoms with Crippen LogP contribution in [0.2, 0.25) is 0 Å². The first-order valence-electron chi connectivity index (χ1n) is 4.30. The van der Waals surface area contributed by atoms with Crippen LogP contribution in [0.25, 0.3) is 0 Å². The number of aryl methyl sites for hydroxylation is 1. The molecule has 1 saturated heterocycles. The zero-order valence-electron chi connectivity index (χ0n) is 7.29. The lowest BCUT2D eigenvalue weighted by molar-refractivity contribution is 0.752. The van der Waals surface area contributed by atoms with Crippen LogP contribution in [0.15, 0.2) is 10.8 Å². The van der Waals surface area contributed by atoms with Crippen LogP contribution < -0.4 is 10.6 Å². The molecule has 1 aromatic rings. The number of nitrogens with two attached hydrogens (primary N) is 1. The Morgan fingerprint density at radius 3 is 2.92 bits per heavy atom. The molecular weight excluding hydrogens is 168 g/mol. The standard InChI is InChI=1S/C9H14N2S/c1-7-5-12-6-9(7)11-3-2-8(10)4-11/h5-6,8H,2-4,10H2,1H3. The van der Waals surface area contributed by atoms with Crippen molar-refractivity contribution in [1.82, 2.24) is 0 Å². The quantitative estimate of drug-likeness (QED) is 0.714. The van der Waals surface area contributed by atoms with Gasteiger partial charge in [0, 0.05) is 24.5 Å². The van der Waals surface area contributed by atoms with E-state index in [9.17, 15) is 0 Å². The zero-order chi connectivity index (χ0) is 8.55. The average molecular weight is 182 g/mol. The average Bonchev–Trinajstić information content (AvgIpc) is 2.58. The summed E-state index contributed by atoms with van der Waals surface area (Å²) in [4.78, 5) is 2.39. The highest BCUT2D eigenvalue weighted by atomic mass is 32.1. The summed E-state index contributed by atoms with van der Waals surface area (Å²) < 4.78 is 0. The first-order chi connectivity index (χ1) is 5.77. The van der Waals surface area contributed by atoms with Gasteiger partial charge in [0.05, 0.1) is 5.69 Å². The predicted octanol–water partition coefficient (Wildman–Crippen LogP) is 1.59. The van der Waals surface area contributed by atoms with Crippen LogP contribution in [0, 0.1) is 6.92 Å². The van der Waals surface area contributed by atoms with E-state index in [-0.39, 0.29) is 0 Å². The highest BCUT2D eigenvalue weighted by Crippen LogP contribution is 2.26. The molecule has 0 radical (unpaired) electrons. The van der Waals surface area contributed by atoms with Gasteiger partial charge in [-0.05, 0) is 24.3 Å². The highest BCUT2D eigenvalue weighted by molar-refractivity contribution is 7.08. The normalized spacial score (nSPS) is 23.5. The van der Waals surface area contributed by atoms with Crippen molar-refractivity contribution in [2.75, 3.05) is 18.0 Å². The van der Waals surface area contributed by atoms with Gasteiger partial charge >= 0.3 is 0 Å². The predicted molar refractivity (Wildman–Crippen MR) is 53.9 cm³/mol. The molecule has 3 heteroatoms. The summed E-state index contributed by atoms with van der Waals surface area (Å²) in [5.74, 6) is 0. The largest absolute Gasteiger partial charge is 0.369 e. The molecule has 0 aromatic carbocycles. The molecule has 2 nitrogen and oxygen atoms in total. The van der Waals surface area contributed by atoms with Gasteiger partial charge < -0.3 is 10.6 Å². The zero-order valence-corrected chi connectivity index (χ0v) is 8.10. The van der Waals surface area contributed by atoms with Gasteiger partial charge in [0.2, 0.25) is 0 Å². The van der Waals surface area contributed by atoms with Crippen LogP contribution in [0.3, 0.4) is 0 Å². The topological polar surface area (TPSA) is 29.3 Å². The van der Waals surface area contributed by atoms with Gasteiger partial charge in [-0.3, -0.25) is 0 Å². The molecule has 0 spiro atoms. The Morgan fingerprint density at radius 1 is 1.58 bits per heavy atom. The lowest BCUT2D eigenvalue weighted by atomic mass is 10.3. The second-order valence-electron chi connectivity index (χ2n) is 3.43. The fraction of sp³-hybridized carbons (Fsp3) is 0.556. The monoisotopic (exact) mass is 182 g/mol. The fourth-order valence-corrected chi connectivity index (χ4v) is 2.54. The van der Waals surface area contributed by atoms with E-state index in [1.54, 1.807) is 11.3 Å². The van der Waals surface area contributed by atoms with Crippen molar-refractivity contribution in [2.24, 2.45) is 5.73 Å². The lowest BCUT2D eigenvalue weighted by Crippen LogP contribution is -2.26. The number of rotatable bonds is 1. The maximum absolute atomic E-state index is 5.84. The molecule has 0 amide bonds. The van der Waals surface area contributed by atoms with Gasteiger partial charge in [0.25, 0.3) is 0 Å². The van der Waals surface area contributed by atoms with Crippen molar-refractivity contribution < 1.29 is 0 Å². The third-order valence-corrected chi connectivity index (χ3v) is 3.24. The summed E-state index contributed by atoms with van der Waals surface area (Å²) in [6.07, 6.45) is 1.13. The Hall–Kier alpha value is -0.540. The Labute approximate surface area is 77.0 Å². The van der Waals surface area contributed by atoms with Gasteiger partial charge in [-0.25, -0.2) is 0 Å². The highest BCUT2D eigenvalue weighted by Gasteiger charge is 2.20. The summed E-state index contributed by atoms with van der Waals surface area (Å²) in [6.45, 7) is 4.31. The molecule has 1 aromatic heterocycles. The van der Waals surface area contributed by atoms with Crippen molar-refractivity contribution in [1.29, 1.82) is 0 Å². The van der Waals surface area contributed by atoms with Crippen LogP contribution >= 0.6 is 11.3 Å². The van der Waals surface area contributed by atoms with E-state index in [2.05, 4.69) is 22.6 Å². The third-order valence-electron chi connectivity index (χ3n) is 2.39. The van der Waals surface area contributed by atoms with E-state index in [1.165, 1.54) is 11.3 Å². The molecule has 12 heavy (non-hydrogen) atoms. The Balaban J connectivity index is 2.16. The van der Waals surface area contributed by atoms with Crippen LogP contribution in [-0.4, -0.2) is 19.1 Å². The molecule has 1 atom stereocenters. The van der Waals surface area contributed by atoms with Crippen LogP contribution in [0.1, 0.15) is 12.0 Å². The van der Waals surface area contributed by atoms with Gasteiger partial charge in [0.15, 0.2) is 0 Å².